The van der Waals surface area contributed by atoms with Crippen LogP contribution in [0.1, 0.15) is 216 Å². The fraction of sp³-hybridized carbons (Fsp3) is 0.938. The molecule has 5 rings (SSSR count). The Bertz CT molecular complexity index is 1160. The summed E-state index contributed by atoms with van der Waals surface area (Å²) in [6.07, 6.45) is 31.1. The lowest BCUT2D eigenvalue weighted by Gasteiger charge is -2.73. The van der Waals surface area contributed by atoms with E-state index in [-0.39, 0.29) is 45.3 Å². The van der Waals surface area contributed by atoms with Crippen LogP contribution in [0.4, 0.5) is 0 Å². The fourth-order valence-electron chi connectivity index (χ4n) is 14.6. The maximum absolute atomic E-state index is 13.2. The van der Waals surface area contributed by atoms with Gasteiger partial charge >= 0.3 is 5.97 Å². The van der Waals surface area contributed by atoms with Gasteiger partial charge in [0.25, 0.3) is 0 Å². The summed E-state index contributed by atoms with van der Waals surface area (Å²) in [4.78, 5) is 13.2. The second kappa shape index (κ2) is 16.9. The van der Waals surface area contributed by atoms with Crippen molar-refractivity contribution < 1.29 is 14.6 Å². The highest BCUT2D eigenvalue weighted by molar-refractivity contribution is 5.69. The van der Waals surface area contributed by atoms with Crippen LogP contribution in [0.5, 0.6) is 0 Å². The van der Waals surface area contributed by atoms with Gasteiger partial charge in [-0.15, -0.1) is 0 Å². The molecule has 5 saturated carbocycles. The highest BCUT2D eigenvalue weighted by Gasteiger charge is 2.72. The Morgan fingerprint density at radius 3 is 1.78 bits per heavy atom. The van der Waals surface area contributed by atoms with Gasteiger partial charge in [0.15, 0.2) is 0 Å². The van der Waals surface area contributed by atoms with Crippen LogP contribution in [0, 0.1) is 56.7 Å². The lowest BCUT2D eigenvalue weighted by Crippen LogP contribution is -2.68. The summed E-state index contributed by atoms with van der Waals surface area (Å²) in [5.41, 5.74) is 1.98. The van der Waals surface area contributed by atoms with Crippen molar-refractivity contribution in [3.05, 3.63) is 12.2 Å². The molecular formula is C48H84O3. The molecule has 11 atom stereocenters. The highest BCUT2D eigenvalue weighted by Crippen LogP contribution is 2.77. The molecule has 0 amide bonds. The van der Waals surface area contributed by atoms with E-state index in [1.807, 2.05) is 0 Å². The van der Waals surface area contributed by atoms with Crippen LogP contribution < -0.4 is 0 Å². The third-order valence-corrected chi connectivity index (χ3v) is 17.8. The molecule has 294 valence electrons. The Kier molecular flexibility index (Phi) is 13.7. The van der Waals surface area contributed by atoms with Crippen molar-refractivity contribution in [1.82, 2.24) is 0 Å². The zero-order valence-electron chi connectivity index (χ0n) is 35.2. The first kappa shape index (κ1) is 41.3. The molecule has 0 unspecified atom stereocenters. The standard InChI is InChI=1S/C48H84O3/c1-10-11-12-13-14-15-16-17-18-19-20-21-22-23-24-25-42(50)51-41-30-32-45(6)38(44(41,4)5)29-33-47(8)39(45)27-26-37-43-36(35(2)3)28-31-46(43,7)40(49)34-48(37,47)9/h36-41,43,49H,2,10-34H2,1,3-9H3/t36-,37+,38-,39+,40-,41-,43+,45-,46+,47+,48+/m0/s1. The number of carbonyl (C=O) groups excluding carboxylic acids is 1. The van der Waals surface area contributed by atoms with Crippen molar-refractivity contribution in [3.8, 4) is 0 Å². The minimum absolute atomic E-state index is 0.0159. The molecule has 0 saturated heterocycles. The van der Waals surface area contributed by atoms with Crippen LogP contribution in [0.3, 0.4) is 0 Å². The molecule has 0 heterocycles. The molecule has 0 spiro atoms. The van der Waals surface area contributed by atoms with E-state index in [1.54, 1.807) is 0 Å². The average Bonchev–Trinajstić information content (AvgIpc) is 3.44. The van der Waals surface area contributed by atoms with Gasteiger partial charge in [-0.25, -0.2) is 0 Å². The van der Waals surface area contributed by atoms with E-state index in [1.165, 1.54) is 121 Å². The summed E-state index contributed by atoms with van der Waals surface area (Å²) in [6.45, 7) is 24.2. The summed E-state index contributed by atoms with van der Waals surface area (Å²) < 4.78 is 6.41. The summed E-state index contributed by atoms with van der Waals surface area (Å²) in [6, 6.07) is 0. The molecule has 0 aromatic rings. The zero-order chi connectivity index (χ0) is 37.1. The number of aliphatic hydroxyl groups is 1. The Morgan fingerprint density at radius 1 is 0.667 bits per heavy atom. The van der Waals surface area contributed by atoms with Crippen LogP contribution in [0.25, 0.3) is 0 Å². The van der Waals surface area contributed by atoms with Crippen molar-refractivity contribution in [2.24, 2.45) is 56.7 Å². The monoisotopic (exact) mass is 709 g/mol. The van der Waals surface area contributed by atoms with E-state index in [4.69, 9.17) is 4.74 Å². The van der Waals surface area contributed by atoms with Crippen molar-refractivity contribution in [1.29, 1.82) is 0 Å². The van der Waals surface area contributed by atoms with Crippen molar-refractivity contribution in [2.75, 3.05) is 0 Å². The minimum Gasteiger partial charge on any atom is -0.462 e. The van der Waals surface area contributed by atoms with Gasteiger partial charge in [0, 0.05) is 11.8 Å². The number of unbranched alkanes of at least 4 members (excludes halogenated alkanes) is 14. The number of hydrogen-bond acceptors (Lipinski definition) is 3. The topological polar surface area (TPSA) is 46.5 Å². The highest BCUT2D eigenvalue weighted by atomic mass is 16.5. The Morgan fingerprint density at radius 2 is 1.22 bits per heavy atom. The van der Waals surface area contributed by atoms with Crippen LogP contribution in [-0.4, -0.2) is 23.3 Å². The largest absolute Gasteiger partial charge is 0.462 e. The van der Waals surface area contributed by atoms with Gasteiger partial charge in [0.1, 0.15) is 6.10 Å². The number of carbonyl (C=O) groups is 1. The molecule has 5 fully saturated rings. The third-order valence-electron chi connectivity index (χ3n) is 17.8. The van der Waals surface area contributed by atoms with Gasteiger partial charge in [-0.1, -0.05) is 151 Å². The van der Waals surface area contributed by atoms with Gasteiger partial charge < -0.3 is 9.84 Å². The number of ether oxygens (including phenoxy) is 1. The summed E-state index contributed by atoms with van der Waals surface area (Å²) in [5.74, 6) is 3.05. The molecule has 0 aliphatic heterocycles. The van der Waals surface area contributed by atoms with Gasteiger partial charge in [-0.05, 0) is 122 Å². The van der Waals surface area contributed by atoms with Gasteiger partial charge in [-0.2, -0.15) is 0 Å². The first-order chi connectivity index (χ1) is 24.2. The number of rotatable bonds is 18. The molecule has 0 bridgehead atoms. The van der Waals surface area contributed by atoms with Crippen LogP contribution in [0.2, 0.25) is 0 Å². The predicted molar refractivity (Wildman–Crippen MR) is 215 cm³/mol. The van der Waals surface area contributed by atoms with Gasteiger partial charge in [0.2, 0.25) is 0 Å². The summed E-state index contributed by atoms with van der Waals surface area (Å²) >= 11 is 0. The van der Waals surface area contributed by atoms with Crippen molar-refractivity contribution in [2.45, 2.75) is 228 Å². The maximum atomic E-state index is 13.2. The number of esters is 1. The molecule has 0 radical (unpaired) electrons. The molecule has 5 aliphatic carbocycles. The van der Waals surface area contributed by atoms with Gasteiger partial charge in [-0.3, -0.25) is 4.79 Å². The van der Waals surface area contributed by atoms with E-state index in [9.17, 15) is 9.90 Å². The SMILES string of the molecule is C=C(C)[C@@H]1CC[C@@]2(C)[C@H]1[C@H]1CC[C@@H]3[C@@]4(C)CC[C@H](OC(=O)CCCCCCCCCCCCCCCCC)C(C)(C)[C@@H]4CC[C@@]3(C)[C@]1(C)C[C@@H]2O. The second-order valence-electron chi connectivity index (χ2n) is 20.9. The Balaban J connectivity index is 1.08. The third kappa shape index (κ3) is 7.97. The molecule has 3 heteroatoms. The molecular weight excluding hydrogens is 625 g/mol. The summed E-state index contributed by atoms with van der Waals surface area (Å²) in [5, 5.41) is 12.0. The van der Waals surface area contributed by atoms with Crippen molar-refractivity contribution in [3.63, 3.8) is 0 Å². The van der Waals surface area contributed by atoms with E-state index < -0.39 is 0 Å². The second-order valence-corrected chi connectivity index (χ2v) is 20.9. The fourth-order valence-corrected chi connectivity index (χ4v) is 14.6. The quantitative estimate of drug-likeness (QED) is 0.0876. The molecule has 0 aromatic heterocycles. The summed E-state index contributed by atoms with van der Waals surface area (Å²) in [7, 11) is 0. The number of aliphatic hydroxyl groups excluding tert-OH is 1. The molecule has 51 heavy (non-hydrogen) atoms. The predicted octanol–water partition coefficient (Wildman–Crippen LogP) is 13.8. The van der Waals surface area contributed by atoms with Crippen molar-refractivity contribution >= 4 is 5.97 Å². The molecule has 0 aromatic carbocycles. The Hall–Kier alpha value is -0.830. The first-order valence-corrected chi connectivity index (χ1v) is 22.7. The molecule has 3 nitrogen and oxygen atoms in total. The first-order valence-electron chi connectivity index (χ1n) is 22.7. The van der Waals surface area contributed by atoms with Crippen LogP contribution >= 0.6 is 0 Å². The smallest absolute Gasteiger partial charge is 0.306 e. The lowest BCUT2D eigenvalue weighted by molar-refractivity contribution is -0.262. The number of hydrogen-bond donors (Lipinski definition) is 1. The maximum Gasteiger partial charge on any atom is 0.306 e. The number of fused-ring (bicyclic) bond motifs is 7. The van der Waals surface area contributed by atoms with Gasteiger partial charge in [0.05, 0.1) is 6.10 Å². The molecule has 5 aliphatic rings. The minimum atomic E-state index is -0.217. The average molecular weight is 709 g/mol. The van der Waals surface area contributed by atoms with E-state index in [2.05, 4.69) is 62.0 Å². The Labute approximate surface area is 316 Å². The van der Waals surface area contributed by atoms with Crippen LogP contribution in [0.15, 0.2) is 12.2 Å². The normalized spacial score (nSPS) is 41.2. The lowest BCUT2D eigenvalue weighted by atomic mass is 9.32. The van der Waals surface area contributed by atoms with E-state index >= 15 is 0 Å². The number of allylic oxidation sites excluding steroid dienone is 1. The molecule has 1 N–H and O–H groups in total. The van der Waals surface area contributed by atoms with Crippen LogP contribution in [-0.2, 0) is 9.53 Å². The van der Waals surface area contributed by atoms with E-state index in [0.717, 1.165) is 38.5 Å². The zero-order valence-corrected chi connectivity index (χ0v) is 35.2. The van der Waals surface area contributed by atoms with E-state index in [0.29, 0.717) is 36.0 Å².